The third-order valence-corrected chi connectivity index (χ3v) is 5.44. The number of rotatable bonds is 4. The third kappa shape index (κ3) is 3.13. The number of ether oxygens (including phenoxy) is 2. The van der Waals surface area contributed by atoms with E-state index >= 15 is 0 Å². The SMILES string of the molecule is NNC(CC1CCCC1)C1CCOC2(CCOC2)C1. The summed E-state index contributed by atoms with van der Waals surface area (Å²) in [4.78, 5) is 0. The lowest BCUT2D eigenvalue weighted by atomic mass is 9.78. The zero-order valence-corrected chi connectivity index (χ0v) is 11.9. The third-order valence-electron chi connectivity index (χ3n) is 5.44. The van der Waals surface area contributed by atoms with Crippen molar-refractivity contribution in [3.63, 3.8) is 0 Å². The number of nitrogens with two attached hydrogens (primary N) is 1. The van der Waals surface area contributed by atoms with E-state index in [2.05, 4.69) is 5.43 Å². The first-order valence-corrected chi connectivity index (χ1v) is 7.99. The molecule has 3 rings (SSSR count). The quantitative estimate of drug-likeness (QED) is 0.605. The lowest BCUT2D eigenvalue weighted by Crippen LogP contribution is -2.49. The van der Waals surface area contributed by atoms with Gasteiger partial charge >= 0.3 is 0 Å². The maximum Gasteiger partial charge on any atom is 0.0939 e. The van der Waals surface area contributed by atoms with Gasteiger partial charge in [0.2, 0.25) is 0 Å². The van der Waals surface area contributed by atoms with E-state index in [4.69, 9.17) is 15.3 Å². The molecule has 110 valence electrons. The highest BCUT2D eigenvalue weighted by atomic mass is 16.6. The minimum Gasteiger partial charge on any atom is -0.378 e. The molecule has 1 spiro atoms. The summed E-state index contributed by atoms with van der Waals surface area (Å²) < 4.78 is 11.6. The topological polar surface area (TPSA) is 56.5 Å². The molecular weight excluding hydrogens is 240 g/mol. The van der Waals surface area contributed by atoms with Crippen molar-refractivity contribution >= 4 is 0 Å². The summed E-state index contributed by atoms with van der Waals surface area (Å²) in [7, 11) is 0. The Bertz CT molecular complexity index is 286. The van der Waals surface area contributed by atoms with Crippen LogP contribution in [-0.4, -0.2) is 31.5 Å². The van der Waals surface area contributed by atoms with Crippen LogP contribution in [0.15, 0.2) is 0 Å². The van der Waals surface area contributed by atoms with Gasteiger partial charge in [0.15, 0.2) is 0 Å². The molecule has 3 N–H and O–H groups in total. The second-order valence-electron chi connectivity index (χ2n) is 6.75. The highest BCUT2D eigenvalue weighted by Crippen LogP contribution is 2.39. The van der Waals surface area contributed by atoms with Gasteiger partial charge in [-0.25, -0.2) is 0 Å². The lowest BCUT2D eigenvalue weighted by molar-refractivity contribution is -0.104. The van der Waals surface area contributed by atoms with Crippen molar-refractivity contribution in [2.75, 3.05) is 19.8 Å². The minimum atomic E-state index is 0.00763. The van der Waals surface area contributed by atoms with Crippen LogP contribution >= 0.6 is 0 Å². The highest BCUT2D eigenvalue weighted by Gasteiger charge is 2.43. The van der Waals surface area contributed by atoms with Crippen molar-refractivity contribution in [3.05, 3.63) is 0 Å². The molecule has 0 aromatic rings. The summed E-state index contributed by atoms with van der Waals surface area (Å²) in [6.07, 6.45) is 10.2. The van der Waals surface area contributed by atoms with Crippen LogP contribution in [0.3, 0.4) is 0 Å². The molecule has 1 aliphatic carbocycles. The molecule has 0 aromatic heterocycles. The highest BCUT2D eigenvalue weighted by molar-refractivity contribution is 4.94. The van der Waals surface area contributed by atoms with Crippen molar-refractivity contribution in [2.45, 2.75) is 63.0 Å². The van der Waals surface area contributed by atoms with E-state index in [1.807, 2.05) is 0 Å². The zero-order chi connectivity index (χ0) is 13.1. The molecule has 0 bridgehead atoms. The molecule has 2 aliphatic heterocycles. The van der Waals surface area contributed by atoms with Crippen molar-refractivity contribution in [1.29, 1.82) is 0 Å². The van der Waals surface area contributed by atoms with Crippen LogP contribution in [0.25, 0.3) is 0 Å². The first-order chi connectivity index (χ1) is 9.31. The second kappa shape index (κ2) is 6.08. The van der Waals surface area contributed by atoms with E-state index in [-0.39, 0.29) is 5.60 Å². The van der Waals surface area contributed by atoms with E-state index in [1.54, 1.807) is 0 Å². The second-order valence-corrected chi connectivity index (χ2v) is 6.75. The fourth-order valence-electron chi connectivity index (χ4n) is 4.27. The van der Waals surface area contributed by atoms with Crippen molar-refractivity contribution < 1.29 is 9.47 Å². The van der Waals surface area contributed by atoms with Crippen molar-refractivity contribution in [2.24, 2.45) is 17.7 Å². The molecule has 4 heteroatoms. The van der Waals surface area contributed by atoms with Gasteiger partial charge in [-0.2, -0.15) is 0 Å². The number of nitrogens with one attached hydrogen (secondary N) is 1. The van der Waals surface area contributed by atoms with Crippen LogP contribution in [0.5, 0.6) is 0 Å². The zero-order valence-electron chi connectivity index (χ0n) is 11.9. The number of hydrazine groups is 1. The minimum absolute atomic E-state index is 0.00763. The molecule has 0 radical (unpaired) electrons. The maximum atomic E-state index is 6.03. The Balaban J connectivity index is 1.58. The van der Waals surface area contributed by atoms with Gasteiger partial charge < -0.3 is 9.47 Å². The van der Waals surface area contributed by atoms with E-state index in [0.717, 1.165) is 45.0 Å². The van der Waals surface area contributed by atoms with Crippen LogP contribution in [0.4, 0.5) is 0 Å². The average molecular weight is 268 g/mol. The summed E-state index contributed by atoms with van der Waals surface area (Å²) in [6, 6.07) is 0.462. The summed E-state index contributed by atoms with van der Waals surface area (Å²) in [5, 5.41) is 0. The molecule has 3 fully saturated rings. The Kier molecular flexibility index (Phi) is 4.42. The fraction of sp³-hybridized carbons (Fsp3) is 1.00. The Morgan fingerprint density at radius 3 is 2.74 bits per heavy atom. The first-order valence-electron chi connectivity index (χ1n) is 7.99. The molecule has 4 nitrogen and oxygen atoms in total. The molecule has 3 aliphatic rings. The Hall–Kier alpha value is -0.160. The van der Waals surface area contributed by atoms with Crippen molar-refractivity contribution in [1.82, 2.24) is 5.43 Å². The molecule has 19 heavy (non-hydrogen) atoms. The van der Waals surface area contributed by atoms with Gasteiger partial charge in [-0.3, -0.25) is 11.3 Å². The Morgan fingerprint density at radius 1 is 1.21 bits per heavy atom. The van der Waals surface area contributed by atoms with Gasteiger partial charge in [0.1, 0.15) is 0 Å². The van der Waals surface area contributed by atoms with E-state index in [0.29, 0.717) is 12.0 Å². The van der Waals surface area contributed by atoms with Gasteiger partial charge in [-0.15, -0.1) is 0 Å². The molecule has 3 unspecified atom stereocenters. The normalized spacial score (nSPS) is 38.1. The average Bonchev–Trinajstić information content (AvgIpc) is 3.08. The van der Waals surface area contributed by atoms with Gasteiger partial charge in [-0.1, -0.05) is 25.7 Å². The Morgan fingerprint density at radius 2 is 2.05 bits per heavy atom. The molecule has 0 amide bonds. The van der Waals surface area contributed by atoms with E-state index in [1.165, 1.54) is 32.1 Å². The van der Waals surface area contributed by atoms with Gasteiger partial charge in [0, 0.05) is 25.7 Å². The van der Waals surface area contributed by atoms with Crippen LogP contribution in [-0.2, 0) is 9.47 Å². The summed E-state index contributed by atoms with van der Waals surface area (Å²) in [5.41, 5.74) is 3.12. The standard InChI is InChI=1S/C15H28N2O2/c16-17-14(9-12-3-1-2-4-12)13-5-7-19-15(10-13)6-8-18-11-15/h12-14,17H,1-11,16H2. The predicted molar refractivity (Wildman–Crippen MR) is 74.5 cm³/mol. The smallest absolute Gasteiger partial charge is 0.0939 e. The molecule has 1 saturated carbocycles. The van der Waals surface area contributed by atoms with E-state index < -0.39 is 0 Å². The number of hydrogen-bond donors (Lipinski definition) is 2. The van der Waals surface area contributed by atoms with Crippen LogP contribution in [0, 0.1) is 11.8 Å². The monoisotopic (exact) mass is 268 g/mol. The molecule has 3 atom stereocenters. The van der Waals surface area contributed by atoms with Gasteiger partial charge in [0.05, 0.1) is 12.2 Å². The fourth-order valence-corrected chi connectivity index (χ4v) is 4.27. The molecular formula is C15H28N2O2. The van der Waals surface area contributed by atoms with Crippen LogP contribution in [0.1, 0.15) is 51.4 Å². The Labute approximate surface area is 116 Å². The predicted octanol–water partition coefficient (Wildman–Crippen LogP) is 1.98. The summed E-state index contributed by atoms with van der Waals surface area (Å²) in [5.74, 6) is 7.39. The van der Waals surface area contributed by atoms with Crippen LogP contribution < -0.4 is 11.3 Å². The number of hydrogen-bond acceptors (Lipinski definition) is 4. The molecule has 2 saturated heterocycles. The lowest BCUT2D eigenvalue weighted by Gasteiger charge is -2.40. The van der Waals surface area contributed by atoms with Crippen LogP contribution in [0.2, 0.25) is 0 Å². The van der Waals surface area contributed by atoms with Gasteiger partial charge in [-0.05, 0) is 31.1 Å². The summed E-state index contributed by atoms with van der Waals surface area (Å²) >= 11 is 0. The summed E-state index contributed by atoms with van der Waals surface area (Å²) in [6.45, 7) is 2.51. The maximum absolute atomic E-state index is 6.03. The first kappa shape index (κ1) is 13.8. The van der Waals surface area contributed by atoms with Gasteiger partial charge in [0.25, 0.3) is 0 Å². The van der Waals surface area contributed by atoms with E-state index in [9.17, 15) is 0 Å². The largest absolute Gasteiger partial charge is 0.378 e. The molecule has 2 heterocycles. The molecule has 0 aromatic carbocycles. The van der Waals surface area contributed by atoms with Crippen molar-refractivity contribution in [3.8, 4) is 0 Å².